The minimum Gasteiger partial charge on any atom is -0.399 e. The molecule has 0 saturated heterocycles. The van der Waals surface area contributed by atoms with Crippen LogP contribution in [0.15, 0.2) is 48.5 Å². The van der Waals surface area contributed by atoms with Crippen LogP contribution in [0, 0.1) is 5.92 Å². The van der Waals surface area contributed by atoms with Crippen molar-refractivity contribution in [3.8, 4) is 0 Å². The Morgan fingerprint density at radius 1 is 0.786 bits per heavy atom. The average molecular weight is 378 g/mol. The molecule has 152 valence electrons. The van der Waals surface area contributed by atoms with Crippen molar-refractivity contribution < 1.29 is 0 Å². The molecule has 1 aliphatic rings. The molecule has 2 aromatic carbocycles. The number of anilines is 1. The molecular weight excluding hydrogens is 338 g/mol. The molecule has 1 fully saturated rings. The van der Waals surface area contributed by atoms with Gasteiger partial charge < -0.3 is 5.73 Å². The highest BCUT2D eigenvalue weighted by molar-refractivity contribution is 5.42. The highest BCUT2D eigenvalue weighted by atomic mass is 14.5. The molecular formula is C27H39N. The van der Waals surface area contributed by atoms with Crippen molar-refractivity contribution in [3.63, 3.8) is 0 Å². The molecule has 0 bridgehead atoms. The quantitative estimate of drug-likeness (QED) is 0.347. The molecule has 2 N–H and O–H groups in total. The minimum absolute atomic E-state index is 0.415. The van der Waals surface area contributed by atoms with E-state index in [-0.39, 0.29) is 0 Å². The van der Waals surface area contributed by atoms with Crippen LogP contribution >= 0.6 is 0 Å². The van der Waals surface area contributed by atoms with Crippen molar-refractivity contribution >= 4 is 5.69 Å². The fourth-order valence-corrected chi connectivity index (χ4v) is 4.86. The molecule has 1 saturated carbocycles. The maximum absolute atomic E-state index is 5.82. The summed E-state index contributed by atoms with van der Waals surface area (Å²) in [5.74, 6) is 2.18. The lowest BCUT2D eigenvalue weighted by Gasteiger charge is -2.29. The summed E-state index contributed by atoms with van der Waals surface area (Å²) in [6.45, 7) is 4.58. The molecule has 1 atom stereocenters. The van der Waals surface area contributed by atoms with Crippen LogP contribution in [-0.4, -0.2) is 0 Å². The monoisotopic (exact) mass is 377 g/mol. The Hall–Kier alpha value is -1.76. The van der Waals surface area contributed by atoms with Gasteiger partial charge in [0.05, 0.1) is 0 Å². The molecule has 1 aliphatic carbocycles. The van der Waals surface area contributed by atoms with E-state index in [1.54, 1.807) is 5.56 Å². The van der Waals surface area contributed by atoms with Gasteiger partial charge in [-0.25, -0.2) is 0 Å². The first-order chi connectivity index (χ1) is 13.7. The van der Waals surface area contributed by atoms with Crippen LogP contribution in [0.5, 0.6) is 0 Å². The van der Waals surface area contributed by atoms with Crippen molar-refractivity contribution in [2.75, 3.05) is 5.73 Å². The Morgan fingerprint density at radius 2 is 1.36 bits per heavy atom. The Balaban J connectivity index is 1.47. The van der Waals surface area contributed by atoms with Crippen LogP contribution < -0.4 is 5.73 Å². The largest absolute Gasteiger partial charge is 0.399 e. The van der Waals surface area contributed by atoms with E-state index in [2.05, 4.69) is 50.2 Å². The standard InChI is InChI=1S/C27H39N/c1-3-4-5-6-7-8-22-9-11-25(12-10-22)26-15-13-23(14-16-26)21(2)24-17-19-27(28)20-18-24/h13-22,25H,3-12,28H2,1-2H3. The number of hydrogen-bond acceptors (Lipinski definition) is 1. The second kappa shape index (κ2) is 10.7. The van der Waals surface area contributed by atoms with Crippen LogP contribution in [-0.2, 0) is 0 Å². The number of hydrogen-bond donors (Lipinski definition) is 1. The predicted molar refractivity (Wildman–Crippen MR) is 123 cm³/mol. The summed E-state index contributed by atoms with van der Waals surface area (Å²) in [6.07, 6.45) is 14.2. The van der Waals surface area contributed by atoms with Gasteiger partial charge in [-0.15, -0.1) is 0 Å². The smallest absolute Gasteiger partial charge is 0.0314 e. The molecule has 2 aromatic rings. The lowest BCUT2D eigenvalue weighted by molar-refractivity contribution is 0.302. The maximum Gasteiger partial charge on any atom is 0.0314 e. The van der Waals surface area contributed by atoms with Gasteiger partial charge in [0, 0.05) is 11.6 Å². The van der Waals surface area contributed by atoms with Gasteiger partial charge in [0.1, 0.15) is 0 Å². The summed E-state index contributed by atoms with van der Waals surface area (Å²) < 4.78 is 0. The third kappa shape index (κ3) is 5.87. The zero-order valence-electron chi connectivity index (χ0n) is 18.0. The molecule has 0 aromatic heterocycles. The molecule has 28 heavy (non-hydrogen) atoms. The Morgan fingerprint density at radius 3 is 1.96 bits per heavy atom. The van der Waals surface area contributed by atoms with Gasteiger partial charge in [0.25, 0.3) is 0 Å². The first-order valence-electron chi connectivity index (χ1n) is 11.6. The van der Waals surface area contributed by atoms with E-state index in [4.69, 9.17) is 5.73 Å². The molecule has 0 radical (unpaired) electrons. The summed E-state index contributed by atoms with van der Waals surface area (Å²) >= 11 is 0. The van der Waals surface area contributed by atoms with Crippen LogP contribution in [0.2, 0.25) is 0 Å². The lowest BCUT2D eigenvalue weighted by Crippen LogP contribution is -2.13. The zero-order valence-corrected chi connectivity index (χ0v) is 18.0. The van der Waals surface area contributed by atoms with Crippen molar-refractivity contribution in [3.05, 3.63) is 65.2 Å². The Bertz CT molecular complexity index is 677. The van der Waals surface area contributed by atoms with E-state index in [1.807, 2.05) is 12.1 Å². The molecule has 0 spiro atoms. The van der Waals surface area contributed by atoms with Crippen LogP contribution in [0.25, 0.3) is 0 Å². The SMILES string of the molecule is CCCCCCCC1CCC(c2ccc(C(C)c3ccc(N)cc3)cc2)CC1. The molecule has 1 heteroatoms. The van der Waals surface area contributed by atoms with E-state index < -0.39 is 0 Å². The van der Waals surface area contributed by atoms with Gasteiger partial charge in [0.15, 0.2) is 0 Å². The van der Waals surface area contributed by atoms with Crippen molar-refractivity contribution in [2.45, 2.75) is 89.9 Å². The van der Waals surface area contributed by atoms with Crippen LogP contribution in [0.4, 0.5) is 5.69 Å². The van der Waals surface area contributed by atoms with Gasteiger partial charge in [-0.3, -0.25) is 0 Å². The average Bonchev–Trinajstić information content (AvgIpc) is 2.74. The fraction of sp³-hybridized carbons (Fsp3) is 0.556. The van der Waals surface area contributed by atoms with Crippen LogP contribution in [0.3, 0.4) is 0 Å². The second-order valence-corrected chi connectivity index (χ2v) is 8.98. The normalized spacial score (nSPS) is 20.8. The summed E-state index contributed by atoms with van der Waals surface area (Å²) in [5, 5.41) is 0. The Kier molecular flexibility index (Phi) is 8.01. The number of nitrogens with two attached hydrogens (primary N) is 1. The van der Waals surface area contributed by atoms with E-state index in [1.165, 1.54) is 75.3 Å². The van der Waals surface area contributed by atoms with Gasteiger partial charge in [-0.1, -0.05) is 88.8 Å². The molecule has 1 unspecified atom stereocenters. The van der Waals surface area contributed by atoms with Gasteiger partial charge in [-0.05, 0) is 66.3 Å². The molecule has 0 aliphatic heterocycles. The number of benzene rings is 2. The van der Waals surface area contributed by atoms with E-state index in [0.29, 0.717) is 5.92 Å². The maximum atomic E-state index is 5.82. The van der Waals surface area contributed by atoms with Gasteiger partial charge in [0.2, 0.25) is 0 Å². The van der Waals surface area contributed by atoms with E-state index in [0.717, 1.165) is 17.5 Å². The number of rotatable bonds is 9. The van der Waals surface area contributed by atoms with Gasteiger partial charge in [-0.2, -0.15) is 0 Å². The topological polar surface area (TPSA) is 26.0 Å². The fourth-order valence-electron chi connectivity index (χ4n) is 4.86. The third-order valence-corrected chi connectivity index (χ3v) is 6.91. The molecule has 0 amide bonds. The van der Waals surface area contributed by atoms with E-state index in [9.17, 15) is 0 Å². The van der Waals surface area contributed by atoms with Crippen molar-refractivity contribution in [1.29, 1.82) is 0 Å². The molecule has 1 nitrogen and oxygen atoms in total. The first-order valence-corrected chi connectivity index (χ1v) is 11.6. The molecule has 3 rings (SSSR count). The van der Waals surface area contributed by atoms with Crippen molar-refractivity contribution in [1.82, 2.24) is 0 Å². The van der Waals surface area contributed by atoms with Gasteiger partial charge >= 0.3 is 0 Å². The Labute approximate surface area is 172 Å². The summed E-state index contributed by atoms with van der Waals surface area (Å²) in [5.41, 5.74) is 10.9. The third-order valence-electron chi connectivity index (χ3n) is 6.91. The highest BCUT2D eigenvalue weighted by Gasteiger charge is 2.22. The first kappa shape index (κ1) is 21.0. The summed E-state index contributed by atoms with van der Waals surface area (Å²) in [4.78, 5) is 0. The lowest BCUT2D eigenvalue weighted by atomic mass is 9.76. The number of nitrogen functional groups attached to an aromatic ring is 1. The predicted octanol–water partition coefficient (Wildman–Crippen LogP) is 8.05. The van der Waals surface area contributed by atoms with Crippen LogP contribution in [0.1, 0.15) is 107 Å². The van der Waals surface area contributed by atoms with E-state index >= 15 is 0 Å². The van der Waals surface area contributed by atoms with Crippen molar-refractivity contribution in [2.24, 2.45) is 5.92 Å². The summed E-state index contributed by atoms with van der Waals surface area (Å²) in [7, 11) is 0. The minimum atomic E-state index is 0.415. The number of unbranched alkanes of at least 4 members (excludes halogenated alkanes) is 4. The summed E-state index contributed by atoms with van der Waals surface area (Å²) in [6, 6.07) is 17.8. The molecule has 0 heterocycles. The second-order valence-electron chi connectivity index (χ2n) is 8.98. The zero-order chi connectivity index (χ0) is 19.8. The highest BCUT2D eigenvalue weighted by Crippen LogP contribution is 2.38.